The Morgan fingerprint density at radius 3 is 2.52 bits per heavy atom. The summed E-state index contributed by atoms with van der Waals surface area (Å²) in [5, 5.41) is 11.8. The summed E-state index contributed by atoms with van der Waals surface area (Å²) in [7, 11) is 0. The summed E-state index contributed by atoms with van der Waals surface area (Å²) in [5.74, 6) is -0.697. The lowest BCUT2D eigenvalue weighted by Crippen LogP contribution is -2.06. The maximum atomic E-state index is 12.0. The van der Waals surface area contributed by atoms with Gasteiger partial charge in [-0.15, -0.1) is 0 Å². The van der Waals surface area contributed by atoms with E-state index in [0.29, 0.717) is 26.7 Å². The third-order valence-electron chi connectivity index (χ3n) is 3.55. The highest BCUT2D eigenvalue weighted by Crippen LogP contribution is 2.29. The molecule has 126 valence electrons. The first-order valence-electron chi connectivity index (χ1n) is 7.09. The average Bonchev–Trinajstić information content (AvgIpc) is 2.92. The van der Waals surface area contributed by atoms with Crippen LogP contribution in [0.25, 0.3) is 6.08 Å². The van der Waals surface area contributed by atoms with Crippen LogP contribution in [0.1, 0.15) is 16.7 Å². The van der Waals surface area contributed by atoms with Gasteiger partial charge in [0.1, 0.15) is 0 Å². The molecule has 0 atom stereocenters. The lowest BCUT2D eigenvalue weighted by Gasteiger charge is -2.01. The van der Waals surface area contributed by atoms with Gasteiger partial charge in [-0.2, -0.15) is 0 Å². The fraction of sp³-hybridized carbons (Fsp3) is 0.0588. The first-order chi connectivity index (χ1) is 11.9. The third-order valence-corrected chi connectivity index (χ3v) is 4.21. The Morgan fingerprint density at radius 1 is 1.20 bits per heavy atom. The van der Waals surface area contributed by atoms with Crippen LogP contribution in [0.15, 0.2) is 47.1 Å². The highest BCUT2D eigenvalue weighted by Gasteiger charge is 2.26. The summed E-state index contributed by atoms with van der Waals surface area (Å²) in [4.78, 5) is 26.7. The van der Waals surface area contributed by atoms with Crippen LogP contribution < -0.4 is 0 Å². The Bertz CT molecular complexity index is 947. The van der Waals surface area contributed by atoms with E-state index >= 15 is 0 Å². The van der Waals surface area contributed by atoms with Crippen molar-refractivity contribution in [2.45, 2.75) is 6.92 Å². The van der Waals surface area contributed by atoms with Gasteiger partial charge in [-0.1, -0.05) is 35.3 Å². The highest BCUT2D eigenvalue weighted by molar-refractivity contribution is 6.37. The number of cyclic esters (lactones) is 1. The number of halogens is 2. The molecule has 1 aliphatic rings. The number of nitro groups is 1. The van der Waals surface area contributed by atoms with Crippen molar-refractivity contribution in [1.29, 1.82) is 0 Å². The van der Waals surface area contributed by atoms with E-state index in [1.165, 1.54) is 12.1 Å². The molecule has 6 nitrogen and oxygen atoms in total. The smallest absolute Gasteiger partial charge is 0.363 e. The molecule has 0 saturated heterocycles. The molecule has 0 aliphatic carbocycles. The van der Waals surface area contributed by atoms with E-state index in [9.17, 15) is 14.9 Å². The number of ether oxygens (including phenoxy) is 1. The SMILES string of the molecule is Cc1ccc(C2=N/C(=C/c3c(Cl)cccc3Cl)C(=O)O2)cc1[N+](=O)[O-]. The van der Waals surface area contributed by atoms with Crippen LogP contribution in [0, 0.1) is 17.0 Å². The minimum atomic E-state index is -0.686. The summed E-state index contributed by atoms with van der Waals surface area (Å²) in [6.07, 6.45) is 1.42. The van der Waals surface area contributed by atoms with E-state index in [1.807, 2.05) is 0 Å². The molecule has 2 aromatic carbocycles. The van der Waals surface area contributed by atoms with Crippen LogP contribution in [0.3, 0.4) is 0 Å². The summed E-state index contributed by atoms with van der Waals surface area (Å²) >= 11 is 12.2. The molecule has 0 radical (unpaired) electrons. The third kappa shape index (κ3) is 3.40. The Morgan fingerprint density at radius 2 is 1.88 bits per heavy atom. The van der Waals surface area contributed by atoms with Crippen LogP contribution >= 0.6 is 23.2 Å². The quantitative estimate of drug-likeness (QED) is 0.340. The van der Waals surface area contributed by atoms with Crippen LogP contribution in [-0.4, -0.2) is 16.8 Å². The van der Waals surface area contributed by atoms with Crippen molar-refractivity contribution in [2.24, 2.45) is 4.99 Å². The molecule has 3 rings (SSSR count). The first kappa shape index (κ1) is 17.1. The fourth-order valence-corrected chi connectivity index (χ4v) is 2.76. The van der Waals surface area contributed by atoms with Crippen molar-refractivity contribution in [2.75, 3.05) is 0 Å². The van der Waals surface area contributed by atoms with Crippen molar-refractivity contribution in [3.63, 3.8) is 0 Å². The second-order valence-electron chi connectivity index (χ2n) is 5.23. The largest absolute Gasteiger partial charge is 0.402 e. The Hall–Kier alpha value is -2.70. The van der Waals surface area contributed by atoms with Crippen molar-refractivity contribution < 1.29 is 14.5 Å². The van der Waals surface area contributed by atoms with Gasteiger partial charge in [-0.05, 0) is 31.2 Å². The van der Waals surface area contributed by atoms with Crippen molar-refractivity contribution in [1.82, 2.24) is 0 Å². The monoisotopic (exact) mass is 376 g/mol. The van der Waals surface area contributed by atoms with Gasteiger partial charge < -0.3 is 4.74 Å². The lowest BCUT2D eigenvalue weighted by molar-refractivity contribution is -0.385. The van der Waals surface area contributed by atoms with Gasteiger partial charge >= 0.3 is 5.97 Å². The van der Waals surface area contributed by atoms with Gasteiger partial charge in [0.15, 0.2) is 5.70 Å². The first-order valence-corrected chi connectivity index (χ1v) is 7.84. The van der Waals surface area contributed by atoms with Crippen molar-refractivity contribution >= 4 is 46.8 Å². The number of nitrogens with zero attached hydrogens (tertiary/aromatic N) is 2. The number of rotatable bonds is 3. The Labute approximate surface area is 152 Å². The highest BCUT2D eigenvalue weighted by atomic mass is 35.5. The zero-order chi connectivity index (χ0) is 18.1. The van der Waals surface area contributed by atoms with Crippen LogP contribution in [0.4, 0.5) is 5.69 Å². The molecular weight excluding hydrogens is 367 g/mol. The standard InChI is InChI=1S/C17H10Cl2N2O4/c1-9-5-6-10(7-15(9)21(23)24)16-20-14(17(22)25-16)8-11-12(18)3-2-4-13(11)19/h2-8H,1H3/b14-8+. The molecule has 0 bridgehead atoms. The minimum Gasteiger partial charge on any atom is -0.402 e. The molecule has 0 aromatic heterocycles. The van der Waals surface area contributed by atoms with E-state index < -0.39 is 10.9 Å². The van der Waals surface area contributed by atoms with E-state index in [4.69, 9.17) is 27.9 Å². The van der Waals surface area contributed by atoms with E-state index in [-0.39, 0.29) is 17.3 Å². The molecule has 8 heteroatoms. The molecule has 0 fully saturated rings. The Balaban J connectivity index is 2.03. The van der Waals surface area contributed by atoms with Crippen molar-refractivity contribution in [3.05, 3.63) is 78.9 Å². The normalized spacial score (nSPS) is 15.2. The maximum absolute atomic E-state index is 12.0. The maximum Gasteiger partial charge on any atom is 0.363 e. The van der Waals surface area contributed by atoms with Gasteiger partial charge in [-0.25, -0.2) is 9.79 Å². The zero-order valence-corrected chi connectivity index (χ0v) is 14.3. The van der Waals surface area contributed by atoms with E-state index in [1.54, 1.807) is 37.3 Å². The number of hydrogen-bond donors (Lipinski definition) is 0. The van der Waals surface area contributed by atoms with Gasteiger partial charge in [-0.3, -0.25) is 10.1 Å². The van der Waals surface area contributed by atoms with Crippen molar-refractivity contribution in [3.8, 4) is 0 Å². The molecule has 1 aliphatic heterocycles. The average molecular weight is 377 g/mol. The summed E-state index contributed by atoms with van der Waals surface area (Å²) in [6.45, 7) is 1.62. The molecule has 0 unspecified atom stereocenters. The number of hydrogen-bond acceptors (Lipinski definition) is 5. The molecule has 1 heterocycles. The van der Waals surface area contributed by atoms with E-state index in [0.717, 1.165) is 0 Å². The molecular formula is C17H10Cl2N2O4. The zero-order valence-electron chi connectivity index (χ0n) is 12.8. The predicted molar refractivity (Wildman–Crippen MR) is 94.9 cm³/mol. The number of nitro benzene ring substituents is 1. The number of aliphatic imine (C=N–C) groups is 1. The molecule has 0 saturated carbocycles. The molecule has 25 heavy (non-hydrogen) atoms. The van der Waals surface area contributed by atoms with Crippen LogP contribution in [0.2, 0.25) is 10.0 Å². The van der Waals surface area contributed by atoms with Crippen LogP contribution in [-0.2, 0) is 9.53 Å². The second kappa shape index (κ2) is 6.66. The number of esters is 1. The van der Waals surface area contributed by atoms with E-state index in [2.05, 4.69) is 4.99 Å². The number of aryl methyl sites for hydroxylation is 1. The van der Waals surface area contributed by atoms with Gasteiger partial charge in [0.05, 0.1) is 4.92 Å². The molecule has 0 N–H and O–H groups in total. The lowest BCUT2D eigenvalue weighted by atomic mass is 10.1. The molecule has 2 aromatic rings. The minimum absolute atomic E-state index is 0.00762. The van der Waals surface area contributed by atoms with Crippen LogP contribution in [0.5, 0.6) is 0 Å². The number of benzene rings is 2. The van der Waals surface area contributed by atoms with Gasteiger partial charge in [0.2, 0.25) is 5.90 Å². The second-order valence-corrected chi connectivity index (χ2v) is 6.04. The fourth-order valence-electron chi connectivity index (χ4n) is 2.26. The topological polar surface area (TPSA) is 81.8 Å². The Kier molecular flexibility index (Phi) is 4.57. The summed E-state index contributed by atoms with van der Waals surface area (Å²) in [5.41, 5.74) is 1.20. The molecule has 0 spiro atoms. The number of carbonyl (C=O) groups is 1. The summed E-state index contributed by atoms with van der Waals surface area (Å²) in [6, 6.07) is 9.42. The number of carbonyl (C=O) groups excluding carboxylic acids is 1. The predicted octanol–water partition coefficient (Wildman–Crippen LogP) is 4.55. The van der Waals surface area contributed by atoms with Gasteiger partial charge in [0.25, 0.3) is 5.69 Å². The molecule has 0 amide bonds. The summed E-state index contributed by atoms with van der Waals surface area (Å²) < 4.78 is 5.12. The van der Waals surface area contributed by atoms with Gasteiger partial charge in [0, 0.05) is 32.8 Å².